The number of sulfonamides is 1. The Labute approximate surface area is 178 Å². The lowest BCUT2D eigenvalue weighted by atomic mass is 10.0. The first kappa shape index (κ1) is 21.0. The number of imidazole rings is 1. The van der Waals surface area contributed by atoms with Gasteiger partial charge in [-0.05, 0) is 43.7 Å². The van der Waals surface area contributed by atoms with Crippen LogP contribution in [0.25, 0.3) is 5.82 Å². The summed E-state index contributed by atoms with van der Waals surface area (Å²) in [5.41, 5.74) is 0.387. The topological polar surface area (TPSA) is 88.4 Å². The van der Waals surface area contributed by atoms with Gasteiger partial charge in [-0.15, -0.1) is 0 Å². The van der Waals surface area contributed by atoms with E-state index in [4.69, 9.17) is 0 Å². The van der Waals surface area contributed by atoms with E-state index in [9.17, 15) is 13.2 Å². The van der Waals surface area contributed by atoms with Gasteiger partial charge in [0, 0.05) is 38.6 Å². The van der Waals surface area contributed by atoms with Gasteiger partial charge in [0.2, 0.25) is 10.0 Å². The Hall–Kier alpha value is -2.26. The molecule has 0 spiro atoms. The Morgan fingerprint density at radius 2 is 1.80 bits per heavy atom. The maximum Gasteiger partial charge on any atom is 0.274 e. The molecule has 2 saturated heterocycles. The zero-order chi connectivity index (χ0) is 21.1. The van der Waals surface area contributed by atoms with Crippen molar-refractivity contribution in [2.24, 2.45) is 5.92 Å². The number of carbonyl (C=O) groups excluding carboxylic acids is 1. The molecule has 162 valence electrons. The monoisotopic (exact) mass is 431 g/mol. The molecule has 4 rings (SSSR count). The van der Waals surface area contributed by atoms with Crippen LogP contribution in [0.3, 0.4) is 0 Å². The third-order valence-electron chi connectivity index (χ3n) is 5.94. The van der Waals surface area contributed by atoms with E-state index in [1.165, 1.54) is 6.20 Å². The summed E-state index contributed by atoms with van der Waals surface area (Å²) >= 11 is 0. The van der Waals surface area contributed by atoms with E-state index >= 15 is 0 Å². The first-order valence-corrected chi connectivity index (χ1v) is 12.2. The van der Waals surface area contributed by atoms with Crippen LogP contribution in [-0.2, 0) is 10.0 Å². The van der Waals surface area contributed by atoms with Crippen molar-refractivity contribution >= 4 is 15.9 Å². The number of aromatic nitrogens is 3. The summed E-state index contributed by atoms with van der Waals surface area (Å²) in [6.07, 6.45) is 10.9. The molecule has 0 aromatic carbocycles. The molecule has 2 aromatic rings. The summed E-state index contributed by atoms with van der Waals surface area (Å²) in [7, 11) is -3.53. The molecule has 30 heavy (non-hydrogen) atoms. The lowest BCUT2D eigenvalue weighted by Crippen LogP contribution is -2.39. The van der Waals surface area contributed by atoms with E-state index in [1.807, 2.05) is 4.90 Å². The van der Waals surface area contributed by atoms with Crippen molar-refractivity contribution in [2.75, 3.05) is 26.2 Å². The molecule has 9 heteroatoms. The minimum Gasteiger partial charge on any atom is -0.337 e. The first-order chi connectivity index (χ1) is 14.4. The van der Waals surface area contributed by atoms with Crippen LogP contribution in [0, 0.1) is 5.92 Å². The normalized spacial score (nSPS) is 21.4. The first-order valence-electron chi connectivity index (χ1n) is 10.7. The number of piperidine rings is 1. The van der Waals surface area contributed by atoms with Crippen LogP contribution in [0.4, 0.5) is 0 Å². The van der Waals surface area contributed by atoms with Crippen LogP contribution in [0.1, 0.15) is 55.9 Å². The van der Waals surface area contributed by atoms with Gasteiger partial charge < -0.3 is 4.90 Å². The minimum absolute atomic E-state index is 0.0610. The summed E-state index contributed by atoms with van der Waals surface area (Å²) in [6, 6.07) is 3.23. The predicted octanol–water partition coefficient (Wildman–Crippen LogP) is 2.70. The number of nitrogens with zero attached hydrogens (tertiary/aromatic N) is 5. The number of rotatable bonds is 4. The number of carbonyl (C=O) groups is 1. The van der Waals surface area contributed by atoms with Gasteiger partial charge in [-0.2, -0.15) is 4.31 Å². The van der Waals surface area contributed by atoms with Gasteiger partial charge in [-0.1, -0.05) is 19.8 Å². The number of hydrogen-bond donors (Lipinski definition) is 0. The Morgan fingerprint density at radius 3 is 2.47 bits per heavy atom. The van der Waals surface area contributed by atoms with Crippen LogP contribution in [0.15, 0.2) is 35.7 Å². The fraction of sp³-hybridized carbons (Fsp3) is 0.571. The van der Waals surface area contributed by atoms with E-state index < -0.39 is 10.0 Å². The molecule has 1 amide bonds. The number of amides is 1. The molecule has 0 unspecified atom stereocenters. The minimum atomic E-state index is -3.53. The van der Waals surface area contributed by atoms with E-state index in [2.05, 4.69) is 16.9 Å². The lowest BCUT2D eigenvalue weighted by Gasteiger charge is -2.29. The summed E-state index contributed by atoms with van der Waals surface area (Å²) < 4.78 is 29.0. The standard InChI is InChI=1S/C21H29N5O3S/c1-17-7-6-12-26(14-17)30(28,29)18-8-9-20(22-13-18)25-15-19(23-16-25)21(27)24-10-4-2-3-5-11-24/h8-9,13,15-17H,2-7,10-12,14H2,1H3/t17-/m1/s1. The van der Waals surface area contributed by atoms with Gasteiger partial charge in [-0.3, -0.25) is 9.36 Å². The van der Waals surface area contributed by atoms with Gasteiger partial charge in [0.1, 0.15) is 22.7 Å². The molecule has 1 atom stereocenters. The lowest BCUT2D eigenvalue weighted by molar-refractivity contribution is 0.0756. The molecule has 0 saturated carbocycles. The highest BCUT2D eigenvalue weighted by Crippen LogP contribution is 2.23. The Balaban J connectivity index is 1.49. The van der Waals surface area contributed by atoms with Crippen LogP contribution < -0.4 is 0 Å². The molecule has 8 nitrogen and oxygen atoms in total. The fourth-order valence-electron chi connectivity index (χ4n) is 4.19. The molecule has 0 radical (unpaired) electrons. The van der Waals surface area contributed by atoms with E-state index in [0.717, 1.165) is 51.6 Å². The summed E-state index contributed by atoms with van der Waals surface area (Å²) in [6.45, 7) is 4.72. The molecule has 2 aliphatic heterocycles. The van der Waals surface area contributed by atoms with Crippen molar-refractivity contribution in [3.05, 3.63) is 36.5 Å². The van der Waals surface area contributed by atoms with Crippen molar-refractivity contribution in [1.29, 1.82) is 0 Å². The molecule has 2 fully saturated rings. The average molecular weight is 432 g/mol. The molecule has 0 aliphatic carbocycles. The van der Waals surface area contributed by atoms with Gasteiger partial charge in [-0.25, -0.2) is 18.4 Å². The molecule has 2 aromatic heterocycles. The molecular weight excluding hydrogens is 402 g/mol. The van der Waals surface area contributed by atoms with Gasteiger partial charge in [0.05, 0.1) is 0 Å². The van der Waals surface area contributed by atoms with Crippen LogP contribution in [-0.4, -0.2) is 64.2 Å². The van der Waals surface area contributed by atoms with Crippen LogP contribution in [0.2, 0.25) is 0 Å². The fourth-order valence-corrected chi connectivity index (χ4v) is 5.73. The molecular formula is C21H29N5O3S. The van der Waals surface area contributed by atoms with Gasteiger partial charge in [0.15, 0.2) is 0 Å². The molecule has 0 bridgehead atoms. The smallest absolute Gasteiger partial charge is 0.274 e. The van der Waals surface area contributed by atoms with Gasteiger partial charge >= 0.3 is 0 Å². The Bertz CT molecular complexity index is 978. The summed E-state index contributed by atoms with van der Waals surface area (Å²) in [5.74, 6) is 0.837. The predicted molar refractivity (Wildman–Crippen MR) is 113 cm³/mol. The highest BCUT2D eigenvalue weighted by Gasteiger charge is 2.29. The summed E-state index contributed by atoms with van der Waals surface area (Å²) in [4.78, 5) is 23.4. The second-order valence-electron chi connectivity index (χ2n) is 8.34. The zero-order valence-electron chi connectivity index (χ0n) is 17.4. The van der Waals surface area contributed by atoms with Crippen molar-refractivity contribution < 1.29 is 13.2 Å². The van der Waals surface area contributed by atoms with Crippen molar-refractivity contribution in [3.63, 3.8) is 0 Å². The second kappa shape index (κ2) is 8.85. The highest BCUT2D eigenvalue weighted by molar-refractivity contribution is 7.89. The highest BCUT2D eigenvalue weighted by atomic mass is 32.2. The third kappa shape index (κ3) is 4.41. The quantitative estimate of drug-likeness (QED) is 0.743. The maximum absolute atomic E-state index is 12.9. The van der Waals surface area contributed by atoms with Gasteiger partial charge in [0.25, 0.3) is 5.91 Å². The van der Waals surface area contributed by atoms with Crippen LogP contribution >= 0.6 is 0 Å². The third-order valence-corrected chi connectivity index (χ3v) is 7.79. The SMILES string of the molecule is C[C@@H]1CCCN(S(=O)(=O)c2ccc(-n3cnc(C(=O)N4CCCCCC4)c3)nc2)C1. The second-order valence-corrected chi connectivity index (χ2v) is 10.3. The molecule has 4 heterocycles. The molecule has 0 N–H and O–H groups in total. The van der Waals surface area contributed by atoms with Crippen molar-refractivity contribution in [3.8, 4) is 5.82 Å². The number of pyridine rings is 1. The van der Waals surface area contributed by atoms with Crippen molar-refractivity contribution in [1.82, 2.24) is 23.7 Å². The van der Waals surface area contributed by atoms with E-state index in [0.29, 0.717) is 30.5 Å². The maximum atomic E-state index is 12.9. The number of likely N-dealkylation sites (tertiary alicyclic amines) is 1. The van der Waals surface area contributed by atoms with Crippen LogP contribution in [0.5, 0.6) is 0 Å². The Kier molecular flexibility index (Phi) is 6.19. The van der Waals surface area contributed by atoms with Crippen molar-refractivity contribution in [2.45, 2.75) is 50.3 Å². The largest absolute Gasteiger partial charge is 0.337 e. The average Bonchev–Trinajstić information content (AvgIpc) is 3.09. The van der Waals surface area contributed by atoms with E-state index in [-0.39, 0.29) is 10.8 Å². The zero-order valence-corrected chi connectivity index (χ0v) is 18.2. The Morgan fingerprint density at radius 1 is 1.03 bits per heavy atom. The number of hydrogen-bond acceptors (Lipinski definition) is 5. The molecule has 2 aliphatic rings. The summed E-state index contributed by atoms with van der Waals surface area (Å²) in [5, 5.41) is 0. The van der Waals surface area contributed by atoms with E-state index in [1.54, 1.807) is 33.5 Å².